The molecule has 1 atom stereocenters. The third-order valence-corrected chi connectivity index (χ3v) is 6.34. The summed E-state index contributed by atoms with van der Waals surface area (Å²) < 4.78 is 75.2. The molecule has 0 spiro atoms. The average Bonchev–Trinajstić information content (AvgIpc) is 3.69. The maximum absolute atomic E-state index is 15.0. The van der Waals surface area contributed by atoms with Gasteiger partial charge in [0.15, 0.2) is 29.6 Å². The smallest absolute Gasteiger partial charge is 0.167 e. The Morgan fingerprint density at radius 1 is 0.647 bits per heavy atom. The maximum Gasteiger partial charge on any atom is 0.167 e. The van der Waals surface area contributed by atoms with Gasteiger partial charge in [0.05, 0.1) is 19.8 Å². The van der Waals surface area contributed by atoms with E-state index >= 15 is 0 Å². The first-order valence-corrected chi connectivity index (χ1v) is 11.4. The van der Waals surface area contributed by atoms with Crippen molar-refractivity contribution in [3.63, 3.8) is 0 Å². The van der Waals surface area contributed by atoms with E-state index in [2.05, 4.69) is 0 Å². The van der Waals surface area contributed by atoms with Crippen molar-refractivity contribution in [1.29, 1.82) is 0 Å². The van der Waals surface area contributed by atoms with E-state index in [4.69, 9.17) is 14.2 Å². The van der Waals surface area contributed by atoms with Crippen molar-refractivity contribution in [3.05, 3.63) is 82.9 Å². The minimum atomic E-state index is -0.966. The largest absolute Gasteiger partial charge is 0.368 e. The molecule has 0 amide bonds. The van der Waals surface area contributed by atoms with Crippen LogP contribution in [0.4, 0.5) is 17.6 Å². The molecule has 2 aliphatic heterocycles. The summed E-state index contributed by atoms with van der Waals surface area (Å²) in [6, 6.07) is 12.3. The molecule has 7 heteroatoms. The quantitative estimate of drug-likeness (QED) is 0.289. The SMILES string of the molecule is CCCC1OCC(c2ccc(-c3ccc(-c4ccc(C5CO5)c(F)c4F)cc3)c(F)c2F)CO1. The molecule has 0 bridgehead atoms. The van der Waals surface area contributed by atoms with Crippen LogP contribution >= 0.6 is 0 Å². The minimum Gasteiger partial charge on any atom is -0.368 e. The third-order valence-electron chi connectivity index (χ3n) is 6.34. The van der Waals surface area contributed by atoms with Crippen LogP contribution in [0.25, 0.3) is 22.3 Å². The molecule has 2 fully saturated rings. The van der Waals surface area contributed by atoms with Crippen molar-refractivity contribution >= 4 is 0 Å². The highest BCUT2D eigenvalue weighted by Crippen LogP contribution is 2.37. The van der Waals surface area contributed by atoms with E-state index in [0.29, 0.717) is 17.7 Å². The van der Waals surface area contributed by atoms with E-state index in [1.807, 2.05) is 6.92 Å². The Labute approximate surface area is 195 Å². The van der Waals surface area contributed by atoms with E-state index in [-0.39, 0.29) is 47.7 Å². The van der Waals surface area contributed by atoms with Crippen LogP contribution in [0.2, 0.25) is 0 Å². The van der Waals surface area contributed by atoms with Crippen LogP contribution in [0.3, 0.4) is 0 Å². The first-order valence-electron chi connectivity index (χ1n) is 11.4. The molecule has 0 radical (unpaired) electrons. The fourth-order valence-electron chi connectivity index (χ4n) is 4.32. The third kappa shape index (κ3) is 4.35. The standard InChI is InChI=1S/C27H24F4O3/c1-2-3-23-33-12-17(13-34-23)20-9-8-18(24(28)26(20)30)15-4-6-16(7-5-15)19-10-11-21(22-14-32-22)27(31)25(19)29/h4-11,17,22-23H,2-3,12-14H2,1H3. The highest BCUT2D eigenvalue weighted by molar-refractivity contribution is 5.71. The minimum absolute atomic E-state index is 0.0854. The second-order valence-corrected chi connectivity index (χ2v) is 8.64. The van der Waals surface area contributed by atoms with Gasteiger partial charge in [0.25, 0.3) is 0 Å². The summed E-state index contributed by atoms with van der Waals surface area (Å²) in [5.41, 5.74) is 1.44. The first kappa shape index (κ1) is 23.0. The van der Waals surface area contributed by atoms with Crippen molar-refractivity contribution in [2.75, 3.05) is 19.8 Å². The van der Waals surface area contributed by atoms with Crippen molar-refractivity contribution in [1.82, 2.24) is 0 Å². The van der Waals surface area contributed by atoms with Gasteiger partial charge < -0.3 is 14.2 Å². The predicted molar refractivity (Wildman–Crippen MR) is 119 cm³/mol. The summed E-state index contributed by atoms with van der Waals surface area (Å²) in [5.74, 6) is -4.17. The van der Waals surface area contributed by atoms with E-state index in [0.717, 1.165) is 12.8 Å². The molecule has 3 nitrogen and oxygen atoms in total. The van der Waals surface area contributed by atoms with Crippen LogP contribution in [0.5, 0.6) is 0 Å². The Morgan fingerprint density at radius 3 is 1.65 bits per heavy atom. The second-order valence-electron chi connectivity index (χ2n) is 8.64. The van der Waals surface area contributed by atoms with E-state index < -0.39 is 29.4 Å². The maximum atomic E-state index is 15.0. The van der Waals surface area contributed by atoms with E-state index in [9.17, 15) is 17.6 Å². The molecule has 0 N–H and O–H groups in total. The number of ether oxygens (including phenoxy) is 3. The van der Waals surface area contributed by atoms with Gasteiger partial charge in [-0.25, -0.2) is 17.6 Å². The van der Waals surface area contributed by atoms with Gasteiger partial charge in [-0.3, -0.25) is 0 Å². The number of benzene rings is 3. The van der Waals surface area contributed by atoms with Gasteiger partial charge in [-0.05, 0) is 23.1 Å². The Hall–Kier alpha value is -2.74. The molecule has 0 aliphatic carbocycles. The summed E-state index contributed by atoms with van der Waals surface area (Å²) in [6.07, 6.45) is 0.974. The molecule has 2 aliphatic rings. The zero-order valence-electron chi connectivity index (χ0n) is 18.6. The van der Waals surface area contributed by atoms with Gasteiger partial charge in [0.1, 0.15) is 6.10 Å². The van der Waals surface area contributed by atoms with Crippen LogP contribution in [0, 0.1) is 23.3 Å². The molecule has 1 unspecified atom stereocenters. The predicted octanol–water partition coefficient (Wildman–Crippen LogP) is 6.90. The van der Waals surface area contributed by atoms with Crippen LogP contribution < -0.4 is 0 Å². The van der Waals surface area contributed by atoms with E-state index in [1.54, 1.807) is 30.3 Å². The molecule has 0 aromatic heterocycles. The molecule has 2 saturated heterocycles. The molecule has 0 saturated carbocycles. The Morgan fingerprint density at radius 2 is 1.15 bits per heavy atom. The van der Waals surface area contributed by atoms with Crippen molar-refractivity contribution in [2.24, 2.45) is 0 Å². The summed E-state index contributed by atoms with van der Waals surface area (Å²) in [5, 5.41) is 0. The lowest BCUT2D eigenvalue weighted by atomic mass is 9.94. The number of rotatable bonds is 6. The zero-order valence-corrected chi connectivity index (χ0v) is 18.6. The zero-order chi connectivity index (χ0) is 23.8. The lowest BCUT2D eigenvalue weighted by Crippen LogP contribution is -2.31. The first-order chi connectivity index (χ1) is 16.5. The molecule has 3 aromatic rings. The van der Waals surface area contributed by atoms with Gasteiger partial charge in [-0.1, -0.05) is 61.9 Å². The van der Waals surface area contributed by atoms with Gasteiger partial charge in [-0.2, -0.15) is 0 Å². The fourth-order valence-corrected chi connectivity index (χ4v) is 4.32. The average molecular weight is 472 g/mol. The van der Waals surface area contributed by atoms with E-state index in [1.165, 1.54) is 18.2 Å². The highest BCUT2D eigenvalue weighted by Gasteiger charge is 2.30. The van der Waals surface area contributed by atoms with Gasteiger partial charge >= 0.3 is 0 Å². The summed E-state index contributed by atoms with van der Waals surface area (Å²) in [6.45, 7) is 2.94. The molecule has 3 aromatic carbocycles. The van der Waals surface area contributed by atoms with Crippen LogP contribution in [-0.4, -0.2) is 26.1 Å². The molecular weight excluding hydrogens is 448 g/mol. The molecule has 178 valence electrons. The monoisotopic (exact) mass is 472 g/mol. The number of epoxide rings is 1. The highest BCUT2D eigenvalue weighted by atomic mass is 19.2. The summed E-state index contributed by atoms with van der Waals surface area (Å²) >= 11 is 0. The molecular formula is C27H24F4O3. The lowest BCUT2D eigenvalue weighted by Gasteiger charge is -2.29. The molecule has 5 rings (SSSR count). The Kier molecular flexibility index (Phi) is 6.42. The van der Waals surface area contributed by atoms with Crippen LogP contribution in [0.1, 0.15) is 42.9 Å². The summed E-state index contributed by atoms with van der Waals surface area (Å²) in [4.78, 5) is 0. The normalized spacial score (nSPS) is 22.1. The lowest BCUT2D eigenvalue weighted by molar-refractivity contribution is -0.190. The van der Waals surface area contributed by atoms with Crippen molar-refractivity contribution in [2.45, 2.75) is 38.1 Å². The number of halogens is 4. The van der Waals surface area contributed by atoms with Gasteiger partial charge in [0, 0.05) is 22.6 Å². The van der Waals surface area contributed by atoms with Crippen molar-refractivity contribution in [3.8, 4) is 22.3 Å². The number of hydrogen-bond donors (Lipinski definition) is 0. The Bertz CT molecular complexity index is 1180. The molecule has 34 heavy (non-hydrogen) atoms. The van der Waals surface area contributed by atoms with Crippen molar-refractivity contribution < 1.29 is 31.8 Å². The topological polar surface area (TPSA) is 31.0 Å². The van der Waals surface area contributed by atoms with Gasteiger partial charge in [0.2, 0.25) is 0 Å². The number of hydrogen-bond acceptors (Lipinski definition) is 3. The fraction of sp³-hybridized carbons (Fsp3) is 0.333. The van der Waals surface area contributed by atoms with Crippen LogP contribution in [0.15, 0.2) is 48.5 Å². The summed E-state index contributed by atoms with van der Waals surface area (Å²) in [7, 11) is 0. The van der Waals surface area contributed by atoms with Crippen LogP contribution in [-0.2, 0) is 14.2 Å². The second kappa shape index (κ2) is 9.49. The van der Waals surface area contributed by atoms with Gasteiger partial charge in [-0.15, -0.1) is 0 Å². The Balaban J connectivity index is 1.37. The molecule has 2 heterocycles.